The maximum absolute atomic E-state index is 6.15. The largest absolute Gasteiger partial charge is 0.455 e. The molecule has 2 nitrogen and oxygen atoms in total. The van der Waals surface area contributed by atoms with E-state index in [-0.39, 0.29) is 0 Å². The average Bonchev–Trinajstić information content (AvgIpc) is 2.34. The van der Waals surface area contributed by atoms with Crippen molar-refractivity contribution in [2.75, 3.05) is 0 Å². The Hall–Kier alpha value is -1.58. The molecule has 0 saturated carbocycles. The zero-order valence-corrected chi connectivity index (χ0v) is 12.3. The summed E-state index contributed by atoms with van der Waals surface area (Å²) in [4.78, 5) is 0.307. The van der Waals surface area contributed by atoms with E-state index in [4.69, 9.17) is 34.3 Å². The molecule has 0 heterocycles. The smallest absolute Gasteiger partial charge is 0.146 e. The van der Waals surface area contributed by atoms with Crippen molar-refractivity contribution in [3.8, 4) is 11.5 Å². The van der Waals surface area contributed by atoms with Gasteiger partial charge in [-0.25, -0.2) is 0 Å². The van der Waals surface area contributed by atoms with Crippen LogP contribution in [0.2, 0.25) is 5.02 Å². The van der Waals surface area contributed by atoms with Crippen LogP contribution in [0.25, 0.3) is 0 Å². The van der Waals surface area contributed by atoms with E-state index in [0.29, 0.717) is 27.1 Å². The summed E-state index contributed by atoms with van der Waals surface area (Å²) in [6.07, 6.45) is 0. The first-order chi connectivity index (χ1) is 8.97. The predicted octanol–water partition coefficient (Wildman–Crippen LogP) is 4.38. The zero-order valence-electron chi connectivity index (χ0n) is 10.7. The summed E-state index contributed by atoms with van der Waals surface area (Å²) in [6, 6.07) is 11.3. The molecule has 0 radical (unpaired) electrons. The van der Waals surface area contributed by atoms with Crippen LogP contribution >= 0.6 is 23.8 Å². The van der Waals surface area contributed by atoms with Crippen molar-refractivity contribution < 1.29 is 4.74 Å². The first kappa shape index (κ1) is 13.8. The van der Waals surface area contributed by atoms with Gasteiger partial charge in [-0.05, 0) is 43.7 Å². The van der Waals surface area contributed by atoms with Gasteiger partial charge in [-0.2, -0.15) is 0 Å². The number of rotatable bonds is 3. The molecule has 2 N–H and O–H groups in total. The fourth-order valence-corrected chi connectivity index (χ4v) is 2.17. The summed E-state index contributed by atoms with van der Waals surface area (Å²) in [5, 5.41) is 0.564. The molecule has 0 saturated heterocycles. The second kappa shape index (κ2) is 5.59. The number of ether oxygens (including phenoxy) is 1. The van der Waals surface area contributed by atoms with Gasteiger partial charge < -0.3 is 10.5 Å². The summed E-state index contributed by atoms with van der Waals surface area (Å²) in [6.45, 7) is 3.95. The first-order valence-electron chi connectivity index (χ1n) is 5.82. The molecule has 0 aliphatic carbocycles. The highest BCUT2D eigenvalue weighted by Crippen LogP contribution is 2.32. The molecule has 0 unspecified atom stereocenters. The van der Waals surface area contributed by atoms with Gasteiger partial charge in [0.05, 0.1) is 10.6 Å². The Morgan fingerprint density at radius 3 is 2.21 bits per heavy atom. The van der Waals surface area contributed by atoms with E-state index >= 15 is 0 Å². The molecule has 0 fully saturated rings. The number of hydrogen-bond acceptors (Lipinski definition) is 2. The number of nitrogens with two attached hydrogens (primary N) is 1. The van der Waals surface area contributed by atoms with Crippen LogP contribution in [0.15, 0.2) is 36.4 Å². The number of halogens is 1. The minimum atomic E-state index is 0.307. The van der Waals surface area contributed by atoms with Crippen LogP contribution < -0.4 is 10.5 Å². The highest BCUT2D eigenvalue weighted by atomic mass is 35.5. The van der Waals surface area contributed by atoms with Gasteiger partial charge in [0, 0.05) is 0 Å². The molecular weight excluding hydrogens is 278 g/mol. The number of benzene rings is 2. The molecular formula is C15H14ClNOS. The van der Waals surface area contributed by atoms with E-state index in [9.17, 15) is 0 Å². The lowest BCUT2D eigenvalue weighted by molar-refractivity contribution is 0.481. The van der Waals surface area contributed by atoms with Crippen molar-refractivity contribution in [1.82, 2.24) is 0 Å². The van der Waals surface area contributed by atoms with Crippen molar-refractivity contribution in [2.24, 2.45) is 5.73 Å². The fraction of sp³-hybridized carbons (Fsp3) is 0.133. The summed E-state index contributed by atoms with van der Waals surface area (Å²) in [7, 11) is 0. The third kappa shape index (κ3) is 3.25. The minimum Gasteiger partial charge on any atom is -0.455 e. The molecule has 0 amide bonds. The lowest BCUT2D eigenvalue weighted by atomic mass is 10.1. The predicted molar refractivity (Wildman–Crippen MR) is 83.3 cm³/mol. The third-order valence-corrected chi connectivity index (χ3v) is 3.22. The number of thiocarbonyl (C=S) groups is 1. The van der Waals surface area contributed by atoms with Crippen molar-refractivity contribution >= 4 is 28.8 Å². The summed E-state index contributed by atoms with van der Waals surface area (Å²) in [5.41, 5.74) is 8.59. The monoisotopic (exact) mass is 291 g/mol. The molecule has 0 bridgehead atoms. The highest BCUT2D eigenvalue weighted by molar-refractivity contribution is 7.80. The van der Waals surface area contributed by atoms with E-state index in [1.54, 1.807) is 0 Å². The van der Waals surface area contributed by atoms with Gasteiger partial charge >= 0.3 is 0 Å². The lowest BCUT2D eigenvalue weighted by Gasteiger charge is -2.12. The molecule has 2 aromatic rings. The fourth-order valence-electron chi connectivity index (χ4n) is 1.73. The van der Waals surface area contributed by atoms with Crippen LogP contribution in [0, 0.1) is 13.8 Å². The van der Waals surface area contributed by atoms with Crippen molar-refractivity contribution in [3.63, 3.8) is 0 Å². The molecule has 0 spiro atoms. The quantitative estimate of drug-likeness (QED) is 0.852. The van der Waals surface area contributed by atoms with Crippen molar-refractivity contribution in [1.29, 1.82) is 0 Å². The maximum Gasteiger partial charge on any atom is 0.146 e. The van der Waals surface area contributed by atoms with E-state index < -0.39 is 0 Å². The first-order valence-corrected chi connectivity index (χ1v) is 6.60. The van der Waals surface area contributed by atoms with Gasteiger partial charge in [0.25, 0.3) is 0 Å². The highest BCUT2D eigenvalue weighted by Gasteiger charge is 2.10. The van der Waals surface area contributed by atoms with Gasteiger partial charge in [-0.1, -0.05) is 41.5 Å². The van der Waals surface area contributed by atoms with Gasteiger partial charge in [-0.15, -0.1) is 0 Å². The standard InChI is InChI=1S/C15H14ClNOS/c1-9-3-5-13(11(7-9)15(17)19)18-14-6-4-10(2)8-12(14)16/h3-8H,1-2H3,(H2,17,19). The van der Waals surface area contributed by atoms with Crippen LogP contribution in [-0.4, -0.2) is 4.99 Å². The maximum atomic E-state index is 6.15. The summed E-state index contributed by atoms with van der Waals surface area (Å²) >= 11 is 11.2. The summed E-state index contributed by atoms with van der Waals surface area (Å²) in [5.74, 6) is 1.21. The average molecular weight is 292 g/mol. The van der Waals surface area contributed by atoms with E-state index in [1.165, 1.54) is 0 Å². The molecule has 98 valence electrons. The molecule has 4 heteroatoms. The van der Waals surface area contributed by atoms with Crippen LogP contribution in [0.5, 0.6) is 11.5 Å². The number of hydrogen-bond donors (Lipinski definition) is 1. The zero-order chi connectivity index (χ0) is 14.0. The molecule has 2 rings (SSSR count). The van der Waals surface area contributed by atoms with Crippen LogP contribution in [0.3, 0.4) is 0 Å². The van der Waals surface area contributed by atoms with E-state index in [1.807, 2.05) is 50.2 Å². The normalized spacial score (nSPS) is 10.3. The molecule has 0 aliphatic heterocycles. The van der Waals surface area contributed by atoms with Crippen LogP contribution in [0.4, 0.5) is 0 Å². The minimum absolute atomic E-state index is 0.307. The van der Waals surface area contributed by atoms with Crippen molar-refractivity contribution in [3.05, 3.63) is 58.1 Å². The molecule has 0 atom stereocenters. The molecule has 19 heavy (non-hydrogen) atoms. The second-order valence-corrected chi connectivity index (χ2v) is 5.25. The van der Waals surface area contributed by atoms with Gasteiger partial charge in [0.2, 0.25) is 0 Å². The van der Waals surface area contributed by atoms with E-state index in [0.717, 1.165) is 11.1 Å². The molecule has 0 aromatic heterocycles. The van der Waals surface area contributed by atoms with Gasteiger partial charge in [-0.3, -0.25) is 0 Å². The Balaban J connectivity index is 2.40. The number of aryl methyl sites for hydroxylation is 2. The molecule has 0 aliphatic rings. The van der Waals surface area contributed by atoms with Gasteiger partial charge in [0.1, 0.15) is 16.5 Å². The second-order valence-electron chi connectivity index (χ2n) is 4.40. The SMILES string of the molecule is Cc1ccc(Oc2ccc(C)cc2C(N)=S)c(Cl)c1. The third-order valence-electron chi connectivity index (χ3n) is 2.71. The topological polar surface area (TPSA) is 35.2 Å². The Labute approximate surface area is 123 Å². The summed E-state index contributed by atoms with van der Waals surface area (Å²) < 4.78 is 5.81. The Kier molecular flexibility index (Phi) is 4.08. The van der Waals surface area contributed by atoms with Gasteiger partial charge in [0.15, 0.2) is 0 Å². The molecule has 2 aromatic carbocycles. The Morgan fingerprint density at radius 1 is 1.05 bits per heavy atom. The van der Waals surface area contributed by atoms with Crippen molar-refractivity contribution in [2.45, 2.75) is 13.8 Å². The Morgan fingerprint density at radius 2 is 1.63 bits per heavy atom. The lowest BCUT2D eigenvalue weighted by Crippen LogP contribution is -2.11. The Bertz CT molecular complexity index is 640. The van der Waals surface area contributed by atoms with Crippen LogP contribution in [-0.2, 0) is 0 Å². The van der Waals surface area contributed by atoms with E-state index in [2.05, 4.69) is 0 Å². The van der Waals surface area contributed by atoms with Crippen LogP contribution in [0.1, 0.15) is 16.7 Å².